The average molecular weight is 654 g/mol. The maximum atomic E-state index is 13.9. The largest absolute Gasteiger partial charge is 0.480 e. The molecule has 260 valence electrons. The van der Waals surface area contributed by atoms with Crippen molar-refractivity contribution in [1.29, 1.82) is 5.41 Å². The Morgan fingerprint density at radius 2 is 1.54 bits per heavy atom. The van der Waals surface area contributed by atoms with Crippen LogP contribution in [0.1, 0.15) is 78.1 Å². The van der Waals surface area contributed by atoms with Crippen molar-refractivity contribution in [3.63, 3.8) is 0 Å². The van der Waals surface area contributed by atoms with Crippen LogP contribution in [0.15, 0.2) is 0 Å². The molecule has 0 spiro atoms. The van der Waals surface area contributed by atoms with Crippen LogP contribution in [0.4, 0.5) is 0 Å². The van der Waals surface area contributed by atoms with Crippen LogP contribution >= 0.6 is 0 Å². The highest BCUT2D eigenvalue weighted by Gasteiger charge is 2.44. The molecule has 0 saturated carbocycles. The van der Waals surface area contributed by atoms with Crippen molar-refractivity contribution in [2.75, 3.05) is 26.2 Å². The molecule has 2 fully saturated rings. The number of hydrogen-bond donors (Lipinski definition) is 9. The van der Waals surface area contributed by atoms with Crippen LogP contribution in [0.25, 0.3) is 0 Å². The molecule has 0 aromatic rings. The zero-order chi connectivity index (χ0) is 34.4. The van der Waals surface area contributed by atoms with Crippen LogP contribution in [-0.2, 0) is 28.8 Å². The number of nitrogens with zero attached hydrogens (tertiary/aromatic N) is 2. The lowest BCUT2D eigenvalue weighted by molar-refractivity contribution is -0.149. The first-order valence-corrected chi connectivity index (χ1v) is 16.0. The van der Waals surface area contributed by atoms with Crippen LogP contribution in [0.5, 0.6) is 0 Å². The van der Waals surface area contributed by atoms with Crippen LogP contribution in [0.2, 0.25) is 0 Å². The molecule has 3 unspecified atom stereocenters. The number of carboxylic acid groups (broad SMARTS) is 1. The maximum absolute atomic E-state index is 13.9. The van der Waals surface area contributed by atoms with Gasteiger partial charge in [-0.2, -0.15) is 0 Å². The van der Waals surface area contributed by atoms with Crippen molar-refractivity contribution in [1.82, 2.24) is 31.1 Å². The summed E-state index contributed by atoms with van der Waals surface area (Å²) in [5, 5.41) is 37.2. The number of aliphatic carboxylic acids is 1. The third kappa shape index (κ3) is 11.1. The Morgan fingerprint density at radius 1 is 0.913 bits per heavy atom. The Bertz CT molecular complexity index is 1100. The van der Waals surface area contributed by atoms with Gasteiger partial charge in [0.25, 0.3) is 0 Å². The smallest absolute Gasteiger partial charge is 0.326 e. The van der Waals surface area contributed by atoms with Crippen molar-refractivity contribution in [2.45, 2.75) is 114 Å². The number of carboxylic acids is 1. The maximum Gasteiger partial charge on any atom is 0.326 e. The summed E-state index contributed by atoms with van der Waals surface area (Å²) in [5.74, 6) is -4.16. The molecule has 0 radical (unpaired) electrons. The van der Waals surface area contributed by atoms with Gasteiger partial charge in [-0.1, -0.05) is 6.92 Å². The minimum absolute atomic E-state index is 0.0855. The number of nitrogens with two attached hydrogens (primary N) is 2. The van der Waals surface area contributed by atoms with Gasteiger partial charge in [-0.05, 0) is 71.3 Å². The van der Waals surface area contributed by atoms with Crippen LogP contribution in [0.3, 0.4) is 0 Å². The molecule has 2 aliphatic rings. The number of rotatable bonds is 18. The molecule has 0 aliphatic carbocycles. The Balaban J connectivity index is 2.16. The van der Waals surface area contributed by atoms with Gasteiger partial charge in [0.2, 0.25) is 29.5 Å². The number of unbranched alkanes of at least 4 members (excludes halogenated alkanes) is 1. The third-order valence-electron chi connectivity index (χ3n) is 8.22. The average Bonchev–Trinajstić information content (AvgIpc) is 3.70. The minimum atomic E-state index is -1.28. The Labute approximate surface area is 269 Å². The first-order valence-electron chi connectivity index (χ1n) is 16.0. The number of aliphatic hydroxyl groups is 1. The molecule has 17 nitrogen and oxygen atoms in total. The molecule has 0 aromatic carbocycles. The standard InChI is InChI=1S/C29H51N9O8/c1-3-22(40)36-23(17(2)39)25(42)34-18(9-4-5-13-30)26(43)38-16-8-12-21(38)27(44)37-15-7-11-20(37)24(41)35-19(28(45)46)10-6-14-33-29(31)32/h17-21,23,39H,3-16,30H2,1-2H3,(H,34,42)(H,35,41)(H,36,40)(H,45,46)(H4,31,32,33)/t17?,18-,19+,20-,21?,23?/m0/s1. The lowest BCUT2D eigenvalue weighted by Crippen LogP contribution is -2.59. The molecule has 0 bridgehead atoms. The molecule has 2 rings (SSSR count). The number of likely N-dealkylation sites (tertiary alicyclic amines) is 2. The van der Waals surface area contributed by atoms with Crippen molar-refractivity contribution in [3.8, 4) is 0 Å². The monoisotopic (exact) mass is 653 g/mol. The van der Waals surface area contributed by atoms with E-state index in [1.165, 1.54) is 16.7 Å². The van der Waals surface area contributed by atoms with Gasteiger partial charge in [0.05, 0.1) is 6.10 Å². The number of guanidine groups is 1. The lowest BCUT2D eigenvalue weighted by atomic mass is 10.0. The van der Waals surface area contributed by atoms with E-state index in [0.29, 0.717) is 51.5 Å². The second-order valence-corrected chi connectivity index (χ2v) is 11.7. The zero-order valence-electron chi connectivity index (χ0n) is 26.8. The molecule has 2 saturated heterocycles. The lowest BCUT2D eigenvalue weighted by Gasteiger charge is -2.33. The SMILES string of the molecule is CCC(=O)NC(C(=O)N[C@@H](CCCCN)C(=O)N1CCCC1C(=O)N1CCC[C@H]1C(=O)N[C@H](CCCNC(=N)N)C(=O)O)C(C)O. The fourth-order valence-corrected chi connectivity index (χ4v) is 5.73. The Hall–Kier alpha value is -3.99. The molecule has 6 atom stereocenters. The first kappa shape index (κ1) is 38.2. The Morgan fingerprint density at radius 3 is 2.13 bits per heavy atom. The number of aliphatic hydroxyl groups excluding tert-OH is 1. The molecule has 2 heterocycles. The predicted molar refractivity (Wildman–Crippen MR) is 167 cm³/mol. The van der Waals surface area contributed by atoms with Gasteiger partial charge in [-0.3, -0.25) is 29.4 Å². The van der Waals surface area contributed by atoms with Gasteiger partial charge in [0.15, 0.2) is 5.96 Å². The van der Waals surface area contributed by atoms with Crippen molar-refractivity contribution in [2.24, 2.45) is 11.5 Å². The molecule has 11 N–H and O–H groups in total. The summed E-state index contributed by atoms with van der Waals surface area (Å²) in [5.41, 5.74) is 10.9. The van der Waals surface area contributed by atoms with Gasteiger partial charge < -0.3 is 52.7 Å². The second-order valence-electron chi connectivity index (χ2n) is 11.7. The molecule has 2 aliphatic heterocycles. The van der Waals surface area contributed by atoms with E-state index in [-0.39, 0.29) is 44.9 Å². The molecule has 0 aromatic heterocycles. The molecular weight excluding hydrogens is 602 g/mol. The summed E-state index contributed by atoms with van der Waals surface area (Å²) >= 11 is 0. The first-order chi connectivity index (χ1) is 21.8. The highest BCUT2D eigenvalue weighted by molar-refractivity contribution is 5.96. The summed E-state index contributed by atoms with van der Waals surface area (Å²) in [7, 11) is 0. The summed E-state index contributed by atoms with van der Waals surface area (Å²) in [6, 6.07) is -5.31. The van der Waals surface area contributed by atoms with Crippen molar-refractivity contribution >= 4 is 41.5 Å². The van der Waals surface area contributed by atoms with E-state index in [2.05, 4.69) is 21.3 Å². The summed E-state index contributed by atoms with van der Waals surface area (Å²) in [4.78, 5) is 80.6. The minimum Gasteiger partial charge on any atom is -0.480 e. The van der Waals surface area contributed by atoms with E-state index >= 15 is 0 Å². The highest BCUT2D eigenvalue weighted by Crippen LogP contribution is 2.26. The van der Waals surface area contributed by atoms with Gasteiger partial charge in [0.1, 0.15) is 30.2 Å². The molecular formula is C29H51N9O8. The number of nitrogens with one attached hydrogen (secondary N) is 5. The number of carbonyl (C=O) groups is 6. The normalized spacial score (nSPS) is 20.3. The molecule has 46 heavy (non-hydrogen) atoms. The van der Waals surface area contributed by atoms with Gasteiger partial charge in [-0.15, -0.1) is 0 Å². The second kappa shape index (κ2) is 18.9. The van der Waals surface area contributed by atoms with Gasteiger partial charge >= 0.3 is 5.97 Å². The summed E-state index contributed by atoms with van der Waals surface area (Å²) in [6.07, 6.45) is 2.32. The van der Waals surface area contributed by atoms with E-state index < -0.39 is 71.8 Å². The fourth-order valence-electron chi connectivity index (χ4n) is 5.73. The predicted octanol–water partition coefficient (Wildman–Crippen LogP) is -2.31. The highest BCUT2D eigenvalue weighted by atomic mass is 16.4. The summed E-state index contributed by atoms with van der Waals surface area (Å²) in [6.45, 7) is 4.11. The number of carbonyl (C=O) groups excluding carboxylic acids is 5. The van der Waals surface area contributed by atoms with E-state index in [9.17, 15) is 39.0 Å². The molecule has 17 heteroatoms. The topological polar surface area (TPSA) is 273 Å². The number of amides is 5. The van der Waals surface area contributed by atoms with Crippen LogP contribution < -0.4 is 32.7 Å². The van der Waals surface area contributed by atoms with Crippen LogP contribution in [-0.4, -0.2) is 124 Å². The summed E-state index contributed by atoms with van der Waals surface area (Å²) < 4.78 is 0. The third-order valence-corrected chi connectivity index (χ3v) is 8.22. The van der Waals surface area contributed by atoms with Crippen LogP contribution in [0, 0.1) is 5.41 Å². The fraction of sp³-hybridized carbons (Fsp3) is 0.759. The van der Waals surface area contributed by atoms with Gasteiger partial charge in [-0.25, -0.2) is 4.79 Å². The molecule has 5 amide bonds. The number of hydrogen-bond acceptors (Lipinski definition) is 9. The van der Waals surface area contributed by atoms with Crippen molar-refractivity contribution in [3.05, 3.63) is 0 Å². The van der Waals surface area contributed by atoms with E-state index in [1.807, 2.05) is 0 Å². The zero-order valence-corrected chi connectivity index (χ0v) is 26.8. The van der Waals surface area contributed by atoms with Crippen molar-refractivity contribution < 1.29 is 39.0 Å². The Kier molecular flexibility index (Phi) is 15.7. The van der Waals surface area contributed by atoms with Gasteiger partial charge in [0, 0.05) is 26.1 Å². The van der Waals surface area contributed by atoms with E-state index in [1.54, 1.807) is 6.92 Å². The van der Waals surface area contributed by atoms with E-state index in [4.69, 9.17) is 16.9 Å². The van der Waals surface area contributed by atoms with E-state index in [0.717, 1.165) is 0 Å². The quantitative estimate of drug-likeness (QED) is 0.0431.